The molecule has 2 aromatic carbocycles. The van der Waals surface area contributed by atoms with E-state index in [1.165, 1.54) is 13.3 Å². The van der Waals surface area contributed by atoms with Crippen LogP contribution in [0.2, 0.25) is 0 Å². The molecule has 0 saturated heterocycles. The molecule has 1 aliphatic heterocycles. The standard InChI is InChI=1S/C24H18N2O5/c1-15-6-3-4-8-18(15)22-26-19(24(28)31-22)12-16-9-10-20(21(13-16)29-2)30-23(27)17-7-5-11-25-14-17/h3-14H,1-2H3/b19-12-. The molecule has 0 amide bonds. The lowest BCUT2D eigenvalue weighted by Gasteiger charge is -2.10. The topological polar surface area (TPSA) is 87.1 Å². The Balaban J connectivity index is 1.59. The van der Waals surface area contributed by atoms with Gasteiger partial charge in [0, 0.05) is 18.0 Å². The quantitative estimate of drug-likeness (QED) is 0.357. The van der Waals surface area contributed by atoms with E-state index >= 15 is 0 Å². The van der Waals surface area contributed by atoms with Gasteiger partial charge in [-0.2, -0.15) is 0 Å². The van der Waals surface area contributed by atoms with E-state index in [4.69, 9.17) is 14.2 Å². The molecule has 154 valence electrons. The second kappa shape index (κ2) is 8.62. The van der Waals surface area contributed by atoms with E-state index in [1.807, 2.05) is 31.2 Å². The number of esters is 2. The highest BCUT2D eigenvalue weighted by Crippen LogP contribution is 2.30. The average molecular weight is 414 g/mol. The van der Waals surface area contributed by atoms with Crippen molar-refractivity contribution in [1.82, 2.24) is 4.98 Å². The maximum Gasteiger partial charge on any atom is 0.363 e. The SMILES string of the molecule is COc1cc(/C=C2\N=C(c3ccccc3C)OC2=O)ccc1OC(=O)c1cccnc1. The summed E-state index contributed by atoms with van der Waals surface area (Å²) >= 11 is 0. The zero-order chi connectivity index (χ0) is 21.8. The summed E-state index contributed by atoms with van der Waals surface area (Å²) in [4.78, 5) is 32.8. The second-order valence-electron chi connectivity index (χ2n) is 6.69. The molecule has 0 atom stereocenters. The van der Waals surface area contributed by atoms with Gasteiger partial charge in [-0.15, -0.1) is 0 Å². The van der Waals surface area contributed by atoms with Gasteiger partial charge in [-0.3, -0.25) is 4.98 Å². The van der Waals surface area contributed by atoms with Crippen LogP contribution in [0, 0.1) is 6.92 Å². The molecule has 7 heteroatoms. The Hall–Kier alpha value is -4.26. The van der Waals surface area contributed by atoms with Crippen LogP contribution in [0.5, 0.6) is 11.5 Å². The molecule has 0 N–H and O–H groups in total. The van der Waals surface area contributed by atoms with Crippen molar-refractivity contribution in [2.45, 2.75) is 6.92 Å². The lowest BCUT2D eigenvalue weighted by Crippen LogP contribution is -2.09. The van der Waals surface area contributed by atoms with Crippen LogP contribution in [-0.4, -0.2) is 29.9 Å². The second-order valence-corrected chi connectivity index (χ2v) is 6.69. The van der Waals surface area contributed by atoms with Crippen LogP contribution in [0.4, 0.5) is 0 Å². The van der Waals surface area contributed by atoms with Crippen molar-refractivity contribution in [3.8, 4) is 11.5 Å². The van der Waals surface area contributed by atoms with Crippen LogP contribution in [-0.2, 0) is 9.53 Å². The van der Waals surface area contributed by atoms with E-state index in [2.05, 4.69) is 9.98 Å². The summed E-state index contributed by atoms with van der Waals surface area (Å²) in [6.45, 7) is 1.92. The van der Waals surface area contributed by atoms with E-state index in [-0.39, 0.29) is 17.3 Å². The number of aliphatic imine (C=N–C) groups is 1. The van der Waals surface area contributed by atoms with Crippen LogP contribution in [0.15, 0.2) is 77.7 Å². The third-order valence-corrected chi connectivity index (χ3v) is 4.59. The van der Waals surface area contributed by atoms with Crippen molar-refractivity contribution in [2.75, 3.05) is 7.11 Å². The number of aromatic nitrogens is 1. The molecule has 0 aliphatic carbocycles. The van der Waals surface area contributed by atoms with E-state index in [9.17, 15) is 9.59 Å². The molecule has 0 fully saturated rings. The van der Waals surface area contributed by atoms with Gasteiger partial charge in [0.2, 0.25) is 5.90 Å². The van der Waals surface area contributed by atoms with Gasteiger partial charge in [0.05, 0.1) is 12.7 Å². The summed E-state index contributed by atoms with van der Waals surface area (Å²) in [6, 6.07) is 15.7. The molecule has 3 aromatic rings. The minimum absolute atomic E-state index is 0.167. The number of methoxy groups -OCH3 is 1. The maximum atomic E-state index is 12.3. The molecule has 2 heterocycles. The smallest absolute Gasteiger partial charge is 0.363 e. The molecule has 1 aromatic heterocycles. The predicted octanol–water partition coefficient (Wildman–Crippen LogP) is 3.96. The summed E-state index contributed by atoms with van der Waals surface area (Å²) in [5.74, 6) is -0.241. The van der Waals surface area contributed by atoms with Crippen LogP contribution in [0.25, 0.3) is 6.08 Å². The summed E-state index contributed by atoms with van der Waals surface area (Å²) in [7, 11) is 1.46. The highest BCUT2D eigenvalue weighted by atomic mass is 16.6. The molecule has 7 nitrogen and oxygen atoms in total. The molecule has 1 aliphatic rings. The number of pyridine rings is 1. The number of hydrogen-bond donors (Lipinski definition) is 0. The fourth-order valence-corrected chi connectivity index (χ4v) is 3.00. The number of nitrogens with zero attached hydrogens (tertiary/aromatic N) is 2. The third kappa shape index (κ3) is 4.35. The summed E-state index contributed by atoms with van der Waals surface area (Å²) in [5.41, 5.74) is 2.84. The molecule has 31 heavy (non-hydrogen) atoms. The first-order valence-electron chi connectivity index (χ1n) is 9.44. The number of benzene rings is 2. The van der Waals surface area contributed by atoms with Crippen LogP contribution < -0.4 is 9.47 Å². The minimum Gasteiger partial charge on any atom is -0.493 e. The maximum absolute atomic E-state index is 12.3. The predicted molar refractivity (Wildman–Crippen MR) is 114 cm³/mol. The van der Waals surface area contributed by atoms with Crippen molar-refractivity contribution < 1.29 is 23.8 Å². The first-order chi connectivity index (χ1) is 15.0. The summed E-state index contributed by atoms with van der Waals surface area (Å²) in [6.07, 6.45) is 4.58. The van der Waals surface area contributed by atoms with Crippen LogP contribution in [0.3, 0.4) is 0 Å². The van der Waals surface area contributed by atoms with Crippen molar-refractivity contribution in [3.05, 3.63) is 94.9 Å². The van der Waals surface area contributed by atoms with Gasteiger partial charge in [-0.1, -0.05) is 24.3 Å². The largest absolute Gasteiger partial charge is 0.493 e. The van der Waals surface area contributed by atoms with Crippen molar-refractivity contribution >= 4 is 23.9 Å². The monoisotopic (exact) mass is 414 g/mol. The summed E-state index contributed by atoms with van der Waals surface area (Å²) < 4.78 is 16.1. The first kappa shape index (κ1) is 20.0. The number of carbonyl (C=O) groups excluding carboxylic acids is 2. The van der Waals surface area contributed by atoms with Gasteiger partial charge in [-0.05, 0) is 54.5 Å². The highest BCUT2D eigenvalue weighted by Gasteiger charge is 2.25. The Morgan fingerprint density at radius 2 is 1.90 bits per heavy atom. The molecule has 0 saturated carbocycles. The molecular formula is C24H18N2O5. The van der Waals surface area contributed by atoms with Gasteiger partial charge in [0.15, 0.2) is 17.2 Å². The Kier molecular flexibility index (Phi) is 5.57. The van der Waals surface area contributed by atoms with Crippen molar-refractivity contribution in [3.63, 3.8) is 0 Å². The number of rotatable bonds is 5. The van der Waals surface area contributed by atoms with E-state index in [1.54, 1.807) is 42.6 Å². The van der Waals surface area contributed by atoms with Crippen LogP contribution >= 0.6 is 0 Å². The molecule has 0 spiro atoms. The lowest BCUT2D eigenvalue weighted by atomic mass is 10.1. The molecule has 0 radical (unpaired) electrons. The molecular weight excluding hydrogens is 396 g/mol. The molecule has 0 bridgehead atoms. The number of cyclic esters (lactones) is 1. The normalized spacial score (nSPS) is 14.2. The Bertz CT molecular complexity index is 1220. The first-order valence-corrected chi connectivity index (χ1v) is 9.44. The third-order valence-electron chi connectivity index (χ3n) is 4.59. The number of hydrogen-bond acceptors (Lipinski definition) is 7. The minimum atomic E-state index is -0.552. The van der Waals surface area contributed by atoms with Gasteiger partial charge in [0.25, 0.3) is 0 Å². The molecule has 4 rings (SSSR count). The average Bonchev–Trinajstić information content (AvgIpc) is 3.15. The van der Waals surface area contributed by atoms with Crippen molar-refractivity contribution in [1.29, 1.82) is 0 Å². The summed E-state index contributed by atoms with van der Waals surface area (Å²) in [5, 5.41) is 0. The van der Waals surface area contributed by atoms with E-state index in [0.717, 1.165) is 11.1 Å². The number of aryl methyl sites for hydroxylation is 1. The Labute approximate surface area is 178 Å². The van der Waals surface area contributed by atoms with Crippen LogP contribution in [0.1, 0.15) is 27.0 Å². The van der Waals surface area contributed by atoms with E-state index in [0.29, 0.717) is 16.9 Å². The van der Waals surface area contributed by atoms with Gasteiger partial charge in [0.1, 0.15) is 0 Å². The van der Waals surface area contributed by atoms with E-state index < -0.39 is 11.9 Å². The van der Waals surface area contributed by atoms with Gasteiger partial charge in [-0.25, -0.2) is 14.6 Å². The Morgan fingerprint density at radius 1 is 1.06 bits per heavy atom. The fourth-order valence-electron chi connectivity index (χ4n) is 3.00. The lowest BCUT2D eigenvalue weighted by molar-refractivity contribution is -0.129. The molecule has 0 unspecified atom stereocenters. The van der Waals surface area contributed by atoms with Crippen molar-refractivity contribution in [2.24, 2.45) is 4.99 Å². The Morgan fingerprint density at radius 3 is 2.65 bits per heavy atom. The fraction of sp³-hybridized carbons (Fsp3) is 0.0833. The highest BCUT2D eigenvalue weighted by molar-refractivity contribution is 6.13. The number of ether oxygens (including phenoxy) is 3. The van der Waals surface area contributed by atoms with Gasteiger partial charge < -0.3 is 14.2 Å². The zero-order valence-electron chi connectivity index (χ0n) is 16.9. The zero-order valence-corrected chi connectivity index (χ0v) is 16.9. The number of carbonyl (C=O) groups is 2. The van der Waals surface area contributed by atoms with Gasteiger partial charge >= 0.3 is 11.9 Å².